The molecule has 0 bridgehead atoms. The smallest absolute Gasteiger partial charge is 0.261 e. The maximum atomic E-state index is 11.9. The number of aliphatic hydroxyl groups excluding tert-OH is 1. The van der Waals surface area contributed by atoms with E-state index in [-0.39, 0.29) is 12.2 Å². The van der Waals surface area contributed by atoms with Crippen LogP contribution in [-0.4, -0.2) is 15.2 Å². The van der Waals surface area contributed by atoms with Crippen molar-refractivity contribution in [2.45, 2.75) is 13.5 Å². The Morgan fingerprint density at radius 1 is 1.47 bits per heavy atom. The fourth-order valence-electron chi connectivity index (χ4n) is 2.00. The Balaban J connectivity index is 2.53. The molecule has 0 radical (unpaired) electrons. The molecule has 0 saturated heterocycles. The van der Waals surface area contributed by atoms with E-state index in [0.717, 1.165) is 10.9 Å². The number of aromatic amines is 1. The zero-order valence-corrected chi connectivity index (χ0v) is 9.15. The van der Waals surface area contributed by atoms with Gasteiger partial charge < -0.3 is 14.6 Å². The van der Waals surface area contributed by atoms with Crippen molar-refractivity contribution >= 4 is 21.9 Å². The van der Waals surface area contributed by atoms with E-state index in [0.29, 0.717) is 22.2 Å². The van der Waals surface area contributed by atoms with Gasteiger partial charge in [0, 0.05) is 5.39 Å². The molecule has 3 rings (SSSR count). The molecule has 0 atom stereocenters. The first-order chi connectivity index (χ1) is 8.20. The van der Waals surface area contributed by atoms with Gasteiger partial charge in [0.15, 0.2) is 5.58 Å². The number of nitrogens with zero attached hydrogens (tertiary/aromatic N) is 1. The van der Waals surface area contributed by atoms with Crippen LogP contribution in [0.2, 0.25) is 0 Å². The second kappa shape index (κ2) is 3.43. The van der Waals surface area contributed by atoms with Gasteiger partial charge in [-0.3, -0.25) is 4.79 Å². The van der Waals surface area contributed by atoms with E-state index in [1.165, 1.54) is 0 Å². The highest BCUT2D eigenvalue weighted by atomic mass is 16.5. The number of hydrogen-bond donors (Lipinski definition) is 2. The molecule has 2 heterocycles. The molecule has 3 aromatic rings. The largest absolute Gasteiger partial charge is 0.392 e. The fraction of sp³-hybridized carbons (Fsp3) is 0.167. The molecule has 0 unspecified atom stereocenters. The summed E-state index contributed by atoms with van der Waals surface area (Å²) >= 11 is 0. The molecule has 1 aromatic carbocycles. The summed E-state index contributed by atoms with van der Waals surface area (Å²) in [6.07, 6.45) is 0. The second-order valence-electron chi connectivity index (χ2n) is 3.96. The van der Waals surface area contributed by atoms with Crippen molar-refractivity contribution in [1.29, 1.82) is 0 Å². The van der Waals surface area contributed by atoms with Crippen molar-refractivity contribution in [2.75, 3.05) is 0 Å². The topological polar surface area (TPSA) is 79.1 Å². The summed E-state index contributed by atoms with van der Waals surface area (Å²) in [5.41, 5.74) is 2.23. The van der Waals surface area contributed by atoms with E-state index >= 15 is 0 Å². The summed E-state index contributed by atoms with van der Waals surface area (Å²) in [5, 5.41) is 14.1. The van der Waals surface area contributed by atoms with Crippen LogP contribution in [0.4, 0.5) is 0 Å². The average molecular weight is 230 g/mol. The van der Waals surface area contributed by atoms with E-state index in [2.05, 4.69) is 10.1 Å². The Kier molecular flexibility index (Phi) is 2.02. The van der Waals surface area contributed by atoms with Crippen LogP contribution in [0.25, 0.3) is 21.9 Å². The Hall–Kier alpha value is -2.14. The van der Waals surface area contributed by atoms with Gasteiger partial charge in [0.1, 0.15) is 5.39 Å². The molecule has 0 aliphatic rings. The number of aromatic nitrogens is 2. The van der Waals surface area contributed by atoms with Gasteiger partial charge in [-0.2, -0.15) is 0 Å². The number of benzene rings is 1. The number of aryl methyl sites for hydroxylation is 1. The summed E-state index contributed by atoms with van der Waals surface area (Å²) in [4.78, 5) is 14.6. The maximum absolute atomic E-state index is 11.9. The highest BCUT2D eigenvalue weighted by molar-refractivity contribution is 6.02. The summed E-state index contributed by atoms with van der Waals surface area (Å²) < 4.78 is 5.18. The van der Waals surface area contributed by atoms with Crippen molar-refractivity contribution < 1.29 is 9.63 Å². The second-order valence-corrected chi connectivity index (χ2v) is 3.96. The molecule has 5 heteroatoms. The predicted octanol–water partition coefficient (Wildman–Crippen LogP) is 1.47. The number of H-pyrrole nitrogens is 1. The van der Waals surface area contributed by atoms with Crippen LogP contribution in [0.15, 0.2) is 27.5 Å². The van der Waals surface area contributed by atoms with E-state index in [9.17, 15) is 4.79 Å². The Bertz CT molecular complexity index is 770. The van der Waals surface area contributed by atoms with Gasteiger partial charge in [0.05, 0.1) is 17.8 Å². The molecule has 0 aliphatic heterocycles. The van der Waals surface area contributed by atoms with Gasteiger partial charge >= 0.3 is 0 Å². The summed E-state index contributed by atoms with van der Waals surface area (Å²) in [6.45, 7) is 1.67. The molecule has 86 valence electrons. The zero-order chi connectivity index (χ0) is 12.0. The number of rotatable bonds is 1. The SMILES string of the molecule is Cc1noc2c1c(=O)[nH]c1cc(CO)ccc12. The van der Waals surface area contributed by atoms with E-state index in [1.54, 1.807) is 19.1 Å². The van der Waals surface area contributed by atoms with E-state index in [4.69, 9.17) is 9.63 Å². The average Bonchev–Trinajstić information content (AvgIpc) is 2.71. The number of hydrogen-bond acceptors (Lipinski definition) is 4. The van der Waals surface area contributed by atoms with Crippen molar-refractivity contribution in [3.8, 4) is 0 Å². The molecule has 17 heavy (non-hydrogen) atoms. The summed E-state index contributed by atoms with van der Waals surface area (Å²) in [5.74, 6) is 0. The first kappa shape index (κ1) is 10.0. The number of pyridine rings is 1. The third kappa shape index (κ3) is 1.36. The predicted molar refractivity (Wildman–Crippen MR) is 62.8 cm³/mol. The van der Waals surface area contributed by atoms with Crippen molar-refractivity contribution in [1.82, 2.24) is 10.1 Å². The van der Waals surface area contributed by atoms with Crippen LogP contribution >= 0.6 is 0 Å². The molecule has 0 saturated carbocycles. The van der Waals surface area contributed by atoms with Crippen molar-refractivity contribution in [3.05, 3.63) is 39.8 Å². The van der Waals surface area contributed by atoms with Crippen LogP contribution in [0.3, 0.4) is 0 Å². The molecule has 5 nitrogen and oxygen atoms in total. The first-order valence-electron chi connectivity index (χ1n) is 5.22. The van der Waals surface area contributed by atoms with Gasteiger partial charge in [-0.05, 0) is 24.6 Å². The fourth-order valence-corrected chi connectivity index (χ4v) is 2.00. The molecule has 0 spiro atoms. The van der Waals surface area contributed by atoms with Gasteiger partial charge in [-0.25, -0.2) is 0 Å². The van der Waals surface area contributed by atoms with Crippen LogP contribution < -0.4 is 5.56 Å². The third-order valence-electron chi connectivity index (χ3n) is 2.85. The summed E-state index contributed by atoms with van der Waals surface area (Å²) in [7, 11) is 0. The van der Waals surface area contributed by atoms with Crippen LogP contribution in [0.5, 0.6) is 0 Å². The lowest BCUT2D eigenvalue weighted by atomic mass is 10.1. The molecule has 2 N–H and O–H groups in total. The lowest BCUT2D eigenvalue weighted by Gasteiger charge is -2.00. The molecule has 0 amide bonds. The minimum atomic E-state index is -0.221. The Morgan fingerprint density at radius 2 is 2.29 bits per heavy atom. The Labute approximate surface area is 95.7 Å². The van der Waals surface area contributed by atoms with Crippen molar-refractivity contribution in [2.24, 2.45) is 0 Å². The number of nitrogens with one attached hydrogen (secondary N) is 1. The van der Waals surface area contributed by atoms with Gasteiger partial charge in [0.25, 0.3) is 5.56 Å². The van der Waals surface area contributed by atoms with Crippen LogP contribution in [0.1, 0.15) is 11.3 Å². The third-order valence-corrected chi connectivity index (χ3v) is 2.85. The minimum Gasteiger partial charge on any atom is -0.392 e. The van der Waals surface area contributed by atoms with Crippen molar-refractivity contribution in [3.63, 3.8) is 0 Å². The summed E-state index contributed by atoms with van der Waals surface area (Å²) in [6, 6.07) is 5.33. The normalized spacial score (nSPS) is 11.4. The van der Waals surface area contributed by atoms with Gasteiger partial charge in [-0.1, -0.05) is 11.2 Å². The van der Waals surface area contributed by atoms with Crippen LogP contribution in [0, 0.1) is 6.92 Å². The number of aliphatic hydroxyl groups is 1. The molecule has 0 aliphatic carbocycles. The Morgan fingerprint density at radius 3 is 3.06 bits per heavy atom. The number of fused-ring (bicyclic) bond motifs is 3. The van der Waals surface area contributed by atoms with Crippen LogP contribution in [-0.2, 0) is 6.61 Å². The molecule has 2 aromatic heterocycles. The lowest BCUT2D eigenvalue weighted by molar-refractivity contribution is 0.282. The highest BCUT2D eigenvalue weighted by Gasteiger charge is 2.12. The molecular weight excluding hydrogens is 220 g/mol. The monoisotopic (exact) mass is 230 g/mol. The lowest BCUT2D eigenvalue weighted by Crippen LogP contribution is -2.06. The quantitative estimate of drug-likeness (QED) is 0.663. The van der Waals surface area contributed by atoms with E-state index < -0.39 is 0 Å². The van der Waals surface area contributed by atoms with E-state index in [1.807, 2.05) is 6.07 Å². The van der Waals surface area contributed by atoms with Gasteiger partial charge in [0.2, 0.25) is 0 Å². The minimum absolute atomic E-state index is 0.0640. The van der Waals surface area contributed by atoms with Gasteiger partial charge in [-0.15, -0.1) is 0 Å². The standard InChI is InChI=1S/C12H10N2O3/c1-6-10-11(17-14-6)8-3-2-7(5-15)4-9(8)13-12(10)16/h2-4,15H,5H2,1H3,(H,13,16). The molecule has 0 fully saturated rings. The maximum Gasteiger partial charge on any atom is 0.261 e. The zero-order valence-electron chi connectivity index (χ0n) is 9.15. The highest BCUT2D eigenvalue weighted by Crippen LogP contribution is 2.23. The molecular formula is C12H10N2O3. The first-order valence-corrected chi connectivity index (χ1v) is 5.22.